The molecule has 1 aromatic rings. The zero-order chi connectivity index (χ0) is 13.1. The summed E-state index contributed by atoms with van der Waals surface area (Å²) in [5.41, 5.74) is 6.09. The number of aromatic nitrogens is 1. The Morgan fingerprint density at radius 2 is 2.22 bits per heavy atom. The maximum absolute atomic E-state index is 11.7. The molecule has 0 radical (unpaired) electrons. The lowest BCUT2D eigenvalue weighted by Gasteiger charge is -2.29. The van der Waals surface area contributed by atoms with Crippen LogP contribution < -0.4 is 11.1 Å². The third kappa shape index (κ3) is 2.58. The molecule has 1 aliphatic rings. The first-order valence-electron chi connectivity index (χ1n) is 6.23. The molecule has 0 aliphatic heterocycles. The van der Waals surface area contributed by atoms with Crippen LogP contribution in [0.25, 0.3) is 0 Å². The highest BCUT2D eigenvalue weighted by molar-refractivity contribution is 7.11. The average Bonchev–Trinajstić information content (AvgIpc) is 2.72. The molecule has 1 heterocycles. The summed E-state index contributed by atoms with van der Waals surface area (Å²) in [6, 6.07) is 0.391. The molecule has 1 fully saturated rings. The molecule has 0 saturated heterocycles. The standard InChI is InChI=1S/C12H19N3O2S/c1-7-5-3-4-6-8(7)14-11-9(12(16)17-2)10(13)15-18-11/h7-8,14H,3-6H2,1-2H3,(H2,13,15). The smallest absolute Gasteiger partial charge is 0.344 e. The molecule has 5 nitrogen and oxygen atoms in total. The number of nitrogen functional groups attached to an aromatic ring is 1. The number of carbonyl (C=O) groups is 1. The van der Waals surface area contributed by atoms with Crippen molar-refractivity contribution in [2.75, 3.05) is 18.2 Å². The van der Waals surface area contributed by atoms with E-state index in [1.54, 1.807) is 0 Å². The Morgan fingerprint density at radius 3 is 2.89 bits per heavy atom. The van der Waals surface area contributed by atoms with Crippen LogP contribution in [-0.4, -0.2) is 23.5 Å². The Hall–Kier alpha value is -1.30. The summed E-state index contributed by atoms with van der Waals surface area (Å²) in [4.78, 5) is 11.7. The van der Waals surface area contributed by atoms with Crippen molar-refractivity contribution in [1.82, 2.24) is 4.37 Å². The normalized spacial score (nSPS) is 23.7. The minimum Gasteiger partial charge on any atom is -0.465 e. The first kappa shape index (κ1) is 13.1. The third-order valence-electron chi connectivity index (χ3n) is 3.54. The minimum atomic E-state index is -0.424. The van der Waals surface area contributed by atoms with Gasteiger partial charge in [0.25, 0.3) is 0 Å². The fourth-order valence-corrected chi connectivity index (χ4v) is 3.16. The van der Waals surface area contributed by atoms with Crippen LogP contribution in [0.1, 0.15) is 43.0 Å². The zero-order valence-corrected chi connectivity index (χ0v) is 11.5. The van der Waals surface area contributed by atoms with E-state index >= 15 is 0 Å². The second kappa shape index (κ2) is 5.56. The second-order valence-electron chi connectivity index (χ2n) is 4.78. The van der Waals surface area contributed by atoms with Crippen molar-refractivity contribution in [3.05, 3.63) is 5.56 Å². The molecule has 0 bridgehead atoms. The molecular weight excluding hydrogens is 250 g/mol. The number of nitrogens with one attached hydrogen (secondary N) is 1. The van der Waals surface area contributed by atoms with Gasteiger partial charge >= 0.3 is 5.97 Å². The zero-order valence-electron chi connectivity index (χ0n) is 10.7. The van der Waals surface area contributed by atoms with Crippen LogP contribution >= 0.6 is 11.5 Å². The van der Waals surface area contributed by atoms with Crippen LogP contribution in [0, 0.1) is 5.92 Å². The van der Waals surface area contributed by atoms with Crippen molar-refractivity contribution < 1.29 is 9.53 Å². The quantitative estimate of drug-likeness (QED) is 0.824. The van der Waals surface area contributed by atoms with Crippen molar-refractivity contribution in [1.29, 1.82) is 0 Å². The Kier molecular flexibility index (Phi) is 4.06. The van der Waals surface area contributed by atoms with Crippen molar-refractivity contribution in [3.8, 4) is 0 Å². The summed E-state index contributed by atoms with van der Waals surface area (Å²) in [6.45, 7) is 2.24. The molecule has 0 amide bonds. The largest absolute Gasteiger partial charge is 0.465 e. The molecule has 2 unspecified atom stereocenters. The SMILES string of the molecule is COC(=O)c1c(N)nsc1NC1CCCCC1C. The van der Waals surface area contributed by atoms with Gasteiger partial charge in [-0.2, -0.15) is 4.37 Å². The van der Waals surface area contributed by atoms with Gasteiger partial charge in [-0.15, -0.1) is 0 Å². The summed E-state index contributed by atoms with van der Waals surface area (Å²) < 4.78 is 8.77. The molecule has 1 aromatic heterocycles. The fraction of sp³-hybridized carbons (Fsp3) is 0.667. The molecule has 0 aromatic carbocycles. The molecular formula is C12H19N3O2S. The van der Waals surface area contributed by atoms with Gasteiger partial charge in [0.15, 0.2) is 5.82 Å². The Morgan fingerprint density at radius 1 is 1.50 bits per heavy atom. The van der Waals surface area contributed by atoms with E-state index in [0.29, 0.717) is 17.5 Å². The highest BCUT2D eigenvalue weighted by Gasteiger charge is 2.26. The molecule has 18 heavy (non-hydrogen) atoms. The number of nitrogens with two attached hydrogens (primary N) is 1. The molecule has 100 valence electrons. The predicted octanol–water partition coefficient (Wildman–Crippen LogP) is 2.50. The van der Waals surface area contributed by atoms with Gasteiger partial charge in [-0.25, -0.2) is 4.79 Å². The summed E-state index contributed by atoms with van der Waals surface area (Å²) in [7, 11) is 1.35. The molecule has 1 aliphatic carbocycles. The number of anilines is 2. The van der Waals surface area contributed by atoms with Gasteiger partial charge in [-0.3, -0.25) is 0 Å². The van der Waals surface area contributed by atoms with Gasteiger partial charge in [0, 0.05) is 6.04 Å². The predicted molar refractivity (Wildman–Crippen MR) is 72.9 cm³/mol. The monoisotopic (exact) mass is 269 g/mol. The first-order valence-corrected chi connectivity index (χ1v) is 7.00. The number of esters is 1. The van der Waals surface area contributed by atoms with E-state index in [2.05, 4.69) is 16.6 Å². The number of hydrogen-bond acceptors (Lipinski definition) is 6. The molecule has 0 spiro atoms. The number of rotatable bonds is 3. The van der Waals surface area contributed by atoms with Crippen LogP contribution in [0.4, 0.5) is 10.8 Å². The second-order valence-corrected chi connectivity index (χ2v) is 5.55. The molecule has 3 N–H and O–H groups in total. The van der Waals surface area contributed by atoms with Crippen LogP contribution in [0.3, 0.4) is 0 Å². The molecule has 6 heteroatoms. The number of methoxy groups -OCH3 is 1. The van der Waals surface area contributed by atoms with E-state index in [0.717, 1.165) is 11.4 Å². The van der Waals surface area contributed by atoms with Gasteiger partial charge in [-0.1, -0.05) is 19.8 Å². The van der Waals surface area contributed by atoms with Crippen molar-refractivity contribution in [3.63, 3.8) is 0 Å². The van der Waals surface area contributed by atoms with E-state index in [4.69, 9.17) is 10.5 Å². The van der Waals surface area contributed by atoms with Crippen molar-refractivity contribution >= 4 is 28.3 Å². The lowest BCUT2D eigenvalue weighted by atomic mass is 9.86. The van der Waals surface area contributed by atoms with E-state index in [1.165, 1.54) is 37.9 Å². The van der Waals surface area contributed by atoms with E-state index in [1.807, 2.05) is 0 Å². The first-order chi connectivity index (χ1) is 8.63. The summed E-state index contributed by atoms with van der Waals surface area (Å²) in [5.74, 6) is 0.428. The molecule has 1 saturated carbocycles. The highest BCUT2D eigenvalue weighted by atomic mass is 32.1. The number of hydrogen-bond donors (Lipinski definition) is 2. The van der Waals surface area contributed by atoms with Crippen LogP contribution in [0.2, 0.25) is 0 Å². The Balaban J connectivity index is 2.16. The topological polar surface area (TPSA) is 77.2 Å². The maximum atomic E-state index is 11.7. The number of carbonyl (C=O) groups excluding carboxylic acids is 1. The maximum Gasteiger partial charge on any atom is 0.344 e. The van der Waals surface area contributed by atoms with Crippen LogP contribution in [0.5, 0.6) is 0 Å². The van der Waals surface area contributed by atoms with Crippen molar-refractivity contribution in [2.24, 2.45) is 5.92 Å². The molecule has 2 rings (SSSR count). The third-order valence-corrected chi connectivity index (χ3v) is 4.33. The number of nitrogens with zero attached hydrogens (tertiary/aromatic N) is 1. The lowest BCUT2D eigenvalue weighted by molar-refractivity contribution is 0.0603. The summed E-state index contributed by atoms with van der Waals surface area (Å²) in [6.07, 6.45) is 4.86. The van der Waals surface area contributed by atoms with E-state index in [-0.39, 0.29) is 5.82 Å². The minimum absolute atomic E-state index is 0.248. The summed E-state index contributed by atoms with van der Waals surface area (Å²) >= 11 is 1.23. The lowest BCUT2D eigenvalue weighted by Crippen LogP contribution is -2.30. The Bertz CT molecular complexity index is 433. The Labute approximate surface area is 111 Å². The van der Waals surface area contributed by atoms with Gasteiger partial charge in [0.1, 0.15) is 10.6 Å². The fourth-order valence-electron chi connectivity index (χ4n) is 2.40. The van der Waals surface area contributed by atoms with E-state index < -0.39 is 5.97 Å². The van der Waals surface area contributed by atoms with E-state index in [9.17, 15) is 4.79 Å². The van der Waals surface area contributed by atoms with Crippen LogP contribution in [0.15, 0.2) is 0 Å². The molecule has 2 atom stereocenters. The van der Waals surface area contributed by atoms with Gasteiger partial charge in [0.2, 0.25) is 0 Å². The van der Waals surface area contributed by atoms with Gasteiger partial charge in [-0.05, 0) is 30.3 Å². The van der Waals surface area contributed by atoms with Gasteiger partial charge in [0.05, 0.1) is 7.11 Å². The number of ether oxygens (including phenoxy) is 1. The van der Waals surface area contributed by atoms with Crippen LogP contribution in [-0.2, 0) is 4.74 Å². The average molecular weight is 269 g/mol. The highest BCUT2D eigenvalue weighted by Crippen LogP contribution is 2.32. The summed E-state index contributed by atoms with van der Waals surface area (Å²) in [5, 5.41) is 4.14. The van der Waals surface area contributed by atoms with Crippen molar-refractivity contribution in [2.45, 2.75) is 38.6 Å². The van der Waals surface area contributed by atoms with Gasteiger partial charge < -0.3 is 15.8 Å².